The number of alkyl halides is 3. The zero-order chi connectivity index (χ0) is 17.3. The molecule has 0 aromatic heterocycles. The molecule has 1 aliphatic carbocycles. The molecule has 0 aliphatic heterocycles. The third kappa shape index (κ3) is 3.58. The minimum absolute atomic E-state index is 0.0624. The van der Waals surface area contributed by atoms with E-state index in [1.165, 1.54) is 47.4 Å². The fourth-order valence-electron chi connectivity index (χ4n) is 2.63. The van der Waals surface area contributed by atoms with E-state index in [1.54, 1.807) is 0 Å². The standard InChI is InChI=1S/C18H15F4NO/c19-14-7-5-12(6-8-14)17(24)23(15-9-10-15)11-13-3-1-2-4-16(13)18(20,21)22/h1-8,15H,9-11H2. The highest BCUT2D eigenvalue weighted by atomic mass is 19.4. The highest BCUT2D eigenvalue weighted by Crippen LogP contribution is 2.35. The van der Waals surface area contributed by atoms with Crippen molar-refractivity contribution in [2.45, 2.75) is 31.6 Å². The Morgan fingerprint density at radius 1 is 1.04 bits per heavy atom. The second kappa shape index (κ2) is 6.26. The molecule has 2 aromatic rings. The molecule has 1 aliphatic rings. The van der Waals surface area contributed by atoms with Gasteiger partial charge in [0.2, 0.25) is 0 Å². The summed E-state index contributed by atoms with van der Waals surface area (Å²) in [6.07, 6.45) is -2.94. The van der Waals surface area contributed by atoms with Crippen molar-refractivity contribution in [3.8, 4) is 0 Å². The summed E-state index contributed by atoms with van der Waals surface area (Å²) in [7, 11) is 0. The van der Waals surface area contributed by atoms with Crippen LogP contribution < -0.4 is 0 Å². The minimum Gasteiger partial charge on any atom is -0.331 e. The number of hydrogen-bond acceptors (Lipinski definition) is 1. The van der Waals surface area contributed by atoms with Crippen molar-refractivity contribution in [1.29, 1.82) is 0 Å². The zero-order valence-corrected chi connectivity index (χ0v) is 12.7. The van der Waals surface area contributed by atoms with Gasteiger partial charge in [-0.2, -0.15) is 13.2 Å². The largest absolute Gasteiger partial charge is 0.416 e. The Hall–Kier alpha value is -2.37. The molecule has 0 radical (unpaired) electrons. The van der Waals surface area contributed by atoms with Crippen LogP contribution in [0.2, 0.25) is 0 Å². The summed E-state index contributed by atoms with van der Waals surface area (Å²) in [6.45, 7) is -0.115. The van der Waals surface area contributed by atoms with Crippen LogP contribution in [0.25, 0.3) is 0 Å². The molecule has 1 amide bonds. The van der Waals surface area contributed by atoms with Crippen LogP contribution in [0.3, 0.4) is 0 Å². The number of rotatable bonds is 4. The summed E-state index contributed by atoms with van der Waals surface area (Å²) in [5.41, 5.74) is -0.400. The van der Waals surface area contributed by atoms with E-state index in [0.717, 1.165) is 18.9 Å². The van der Waals surface area contributed by atoms with Crippen LogP contribution in [0, 0.1) is 5.82 Å². The fraction of sp³-hybridized carbons (Fsp3) is 0.278. The van der Waals surface area contributed by atoms with E-state index in [4.69, 9.17) is 0 Å². The van der Waals surface area contributed by atoms with Crippen molar-refractivity contribution in [2.24, 2.45) is 0 Å². The van der Waals surface area contributed by atoms with Crippen molar-refractivity contribution < 1.29 is 22.4 Å². The van der Waals surface area contributed by atoms with Gasteiger partial charge < -0.3 is 4.90 Å². The van der Waals surface area contributed by atoms with Crippen molar-refractivity contribution >= 4 is 5.91 Å². The van der Waals surface area contributed by atoms with Gasteiger partial charge in [-0.1, -0.05) is 18.2 Å². The van der Waals surface area contributed by atoms with Crippen molar-refractivity contribution in [3.63, 3.8) is 0 Å². The van der Waals surface area contributed by atoms with E-state index in [0.29, 0.717) is 0 Å². The topological polar surface area (TPSA) is 20.3 Å². The zero-order valence-electron chi connectivity index (χ0n) is 12.7. The normalized spacial score (nSPS) is 14.5. The SMILES string of the molecule is O=C(c1ccc(F)cc1)N(Cc1ccccc1C(F)(F)F)C1CC1. The molecule has 3 rings (SSSR count). The summed E-state index contributed by atoms with van der Waals surface area (Å²) in [5, 5.41) is 0. The third-order valence-corrected chi connectivity index (χ3v) is 4.00. The van der Waals surface area contributed by atoms with Gasteiger partial charge in [0.15, 0.2) is 0 Å². The number of nitrogens with zero attached hydrogens (tertiary/aromatic N) is 1. The first-order valence-electron chi connectivity index (χ1n) is 7.58. The Labute approximate surface area is 136 Å². The average Bonchev–Trinajstić information content (AvgIpc) is 3.37. The maximum atomic E-state index is 13.1. The molecule has 0 saturated heterocycles. The van der Waals surface area contributed by atoms with Gasteiger partial charge in [-0.25, -0.2) is 4.39 Å². The summed E-state index contributed by atoms with van der Waals surface area (Å²) >= 11 is 0. The van der Waals surface area contributed by atoms with E-state index in [9.17, 15) is 22.4 Å². The lowest BCUT2D eigenvalue weighted by Crippen LogP contribution is -2.33. The lowest BCUT2D eigenvalue weighted by atomic mass is 10.1. The Kier molecular flexibility index (Phi) is 4.30. The van der Waals surface area contributed by atoms with Gasteiger partial charge in [-0.05, 0) is 48.7 Å². The van der Waals surface area contributed by atoms with Crippen LogP contribution >= 0.6 is 0 Å². The lowest BCUT2D eigenvalue weighted by Gasteiger charge is -2.24. The van der Waals surface area contributed by atoms with Gasteiger partial charge in [0.25, 0.3) is 5.91 Å². The van der Waals surface area contributed by atoms with E-state index >= 15 is 0 Å². The maximum Gasteiger partial charge on any atom is 0.416 e. The minimum atomic E-state index is -4.47. The van der Waals surface area contributed by atoms with Gasteiger partial charge in [0, 0.05) is 18.2 Å². The van der Waals surface area contributed by atoms with Crippen molar-refractivity contribution in [2.75, 3.05) is 0 Å². The fourth-order valence-corrected chi connectivity index (χ4v) is 2.63. The number of amides is 1. The summed E-state index contributed by atoms with van der Waals surface area (Å²) < 4.78 is 52.4. The number of hydrogen-bond donors (Lipinski definition) is 0. The van der Waals surface area contributed by atoms with Gasteiger partial charge in [-0.3, -0.25) is 4.79 Å². The second-order valence-corrected chi connectivity index (χ2v) is 5.83. The third-order valence-electron chi connectivity index (χ3n) is 4.00. The molecule has 0 unspecified atom stereocenters. The maximum absolute atomic E-state index is 13.1. The molecule has 126 valence electrons. The van der Waals surface area contributed by atoms with Crippen LogP contribution in [-0.2, 0) is 12.7 Å². The lowest BCUT2D eigenvalue weighted by molar-refractivity contribution is -0.138. The molecule has 24 heavy (non-hydrogen) atoms. The summed E-state index contributed by atoms with van der Waals surface area (Å²) in [4.78, 5) is 14.1. The van der Waals surface area contributed by atoms with Crippen molar-refractivity contribution in [1.82, 2.24) is 4.90 Å². The van der Waals surface area contributed by atoms with E-state index < -0.39 is 17.6 Å². The first-order valence-corrected chi connectivity index (χ1v) is 7.58. The molecule has 2 nitrogen and oxygen atoms in total. The Morgan fingerprint density at radius 3 is 2.25 bits per heavy atom. The predicted molar refractivity (Wildman–Crippen MR) is 80.7 cm³/mol. The number of benzene rings is 2. The van der Waals surface area contributed by atoms with E-state index in [1.807, 2.05) is 0 Å². The number of carbonyl (C=O) groups excluding carboxylic acids is 1. The second-order valence-electron chi connectivity index (χ2n) is 5.83. The van der Waals surface area contributed by atoms with Crippen LogP contribution in [0.15, 0.2) is 48.5 Å². The van der Waals surface area contributed by atoms with Crippen LogP contribution in [0.1, 0.15) is 34.3 Å². The molecule has 0 heterocycles. The Bertz CT molecular complexity index is 735. The monoisotopic (exact) mass is 337 g/mol. The molecule has 1 fully saturated rings. The highest BCUT2D eigenvalue weighted by Gasteiger charge is 2.37. The van der Waals surface area contributed by atoms with Crippen LogP contribution in [0.4, 0.5) is 17.6 Å². The summed E-state index contributed by atoms with van der Waals surface area (Å²) in [5.74, 6) is -0.846. The first-order chi connectivity index (χ1) is 11.4. The average molecular weight is 337 g/mol. The molecular formula is C18H15F4NO. The van der Waals surface area contributed by atoms with Gasteiger partial charge in [0.05, 0.1) is 5.56 Å². The van der Waals surface area contributed by atoms with Gasteiger partial charge in [0.1, 0.15) is 5.82 Å². The van der Waals surface area contributed by atoms with Crippen LogP contribution in [0.5, 0.6) is 0 Å². The van der Waals surface area contributed by atoms with E-state index in [-0.39, 0.29) is 29.6 Å². The Balaban J connectivity index is 1.88. The molecule has 1 saturated carbocycles. The first kappa shape index (κ1) is 16.5. The quantitative estimate of drug-likeness (QED) is 0.744. The molecule has 0 N–H and O–H groups in total. The molecule has 2 aromatic carbocycles. The Morgan fingerprint density at radius 2 is 1.67 bits per heavy atom. The number of carbonyl (C=O) groups is 1. The van der Waals surface area contributed by atoms with Crippen molar-refractivity contribution in [3.05, 3.63) is 71.0 Å². The molecule has 0 bridgehead atoms. The summed E-state index contributed by atoms with van der Waals surface area (Å²) in [6, 6.07) is 10.2. The molecule has 0 spiro atoms. The van der Waals surface area contributed by atoms with Gasteiger partial charge in [-0.15, -0.1) is 0 Å². The molecular weight excluding hydrogens is 322 g/mol. The number of halogens is 4. The van der Waals surface area contributed by atoms with Gasteiger partial charge >= 0.3 is 6.18 Å². The molecule has 0 atom stereocenters. The van der Waals surface area contributed by atoms with E-state index in [2.05, 4.69) is 0 Å². The predicted octanol–water partition coefficient (Wildman–Crippen LogP) is 4.65. The highest BCUT2D eigenvalue weighted by molar-refractivity contribution is 5.94. The smallest absolute Gasteiger partial charge is 0.331 e. The van der Waals surface area contributed by atoms with Crippen LogP contribution in [-0.4, -0.2) is 16.8 Å². The molecule has 6 heteroatoms.